The van der Waals surface area contributed by atoms with Gasteiger partial charge in [-0.15, -0.1) is 0 Å². The molecule has 1 fully saturated rings. The van der Waals surface area contributed by atoms with Crippen LogP contribution in [0.25, 0.3) is 6.08 Å². The smallest absolute Gasteiger partial charge is 0.0923 e. The van der Waals surface area contributed by atoms with E-state index in [-0.39, 0.29) is 0 Å². The third kappa shape index (κ3) is 2.96. The number of hydrogen-bond donors (Lipinski definition) is 1. The first kappa shape index (κ1) is 12.3. The fourth-order valence-corrected chi connectivity index (χ4v) is 2.12. The Morgan fingerprint density at radius 2 is 1.94 bits per heavy atom. The predicted octanol–water partition coefficient (Wildman–Crippen LogP) is 2.40. The summed E-state index contributed by atoms with van der Waals surface area (Å²) < 4.78 is 0. The number of aliphatic hydroxyl groups is 1. The van der Waals surface area contributed by atoms with E-state index in [0.717, 1.165) is 19.6 Å². The maximum absolute atomic E-state index is 10.1. The Kier molecular flexibility index (Phi) is 3.65. The molecule has 0 aromatic heterocycles. The summed E-state index contributed by atoms with van der Waals surface area (Å²) in [6, 6.07) is 10.3. The van der Waals surface area contributed by atoms with Crippen LogP contribution in [0.1, 0.15) is 19.4 Å². The van der Waals surface area contributed by atoms with Gasteiger partial charge >= 0.3 is 0 Å². The van der Waals surface area contributed by atoms with Gasteiger partial charge in [0.2, 0.25) is 0 Å². The van der Waals surface area contributed by atoms with E-state index in [9.17, 15) is 5.11 Å². The van der Waals surface area contributed by atoms with Crippen molar-refractivity contribution in [2.45, 2.75) is 19.4 Å². The van der Waals surface area contributed by atoms with Gasteiger partial charge < -0.3 is 5.11 Å². The molecule has 0 atom stereocenters. The summed E-state index contributed by atoms with van der Waals surface area (Å²) in [5, 5.41) is 10.1. The lowest BCUT2D eigenvalue weighted by Gasteiger charge is -2.48. The van der Waals surface area contributed by atoms with Gasteiger partial charge in [0, 0.05) is 19.6 Å². The number of rotatable bonds is 4. The summed E-state index contributed by atoms with van der Waals surface area (Å²) in [7, 11) is 0. The molecule has 0 radical (unpaired) electrons. The molecular weight excluding hydrogens is 210 g/mol. The van der Waals surface area contributed by atoms with E-state index in [2.05, 4.69) is 43.0 Å². The molecule has 2 nitrogen and oxygen atoms in total. The Morgan fingerprint density at radius 3 is 2.53 bits per heavy atom. The van der Waals surface area contributed by atoms with E-state index in [0.29, 0.717) is 5.92 Å². The van der Waals surface area contributed by atoms with E-state index in [1.807, 2.05) is 18.2 Å². The third-order valence-corrected chi connectivity index (χ3v) is 3.54. The van der Waals surface area contributed by atoms with Crippen LogP contribution < -0.4 is 0 Å². The molecule has 2 heteroatoms. The fraction of sp³-hybridized carbons (Fsp3) is 0.467. The summed E-state index contributed by atoms with van der Waals surface area (Å²) in [6.07, 6.45) is 4.29. The molecule has 1 N–H and O–H groups in total. The molecule has 0 amide bonds. The second-order valence-electron chi connectivity index (χ2n) is 5.24. The average Bonchev–Trinajstić information content (AvgIpc) is 2.27. The zero-order valence-electron chi connectivity index (χ0n) is 10.6. The monoisotopic (exact) mass is 231 g/mol. The van der Waals surface area contributed by atoms with Crippen LogP contribution in [0.4, 0.5) is 0 Å². The van der Waals surface area contributed by atoms with Crippen molar-refractivity contribution >= 4 is 6.08 Å². The van der Waals surface area contributed by atoms with Crippen LogP contribution in [0.5, 0.6) is 0 Å². The van der Waals surface area contributed by atoms with Crippen LogP contribution in [0.3, 0.4) is 0 Å². The number of β-amino-alcohol motifs (C(OH)–C–C–N with tert-alkyl or cyclic N) is 1. The van der Waals surface area contributed by atoms with Gasteiger partial charge in [-0.25, -0.2) is 0 Å². The first-order chi connectivity index (χ1) is 8.10. The lowest BCUT2D eigenvalue weighted by atomic mass is 9.83. The first-order valence-electron chi connectivity index (χ1n) is 6.26. The van der Waals surface area contributed by atoms with Crippen LogP contribution >= 0.6 is 0 Å². The van der Waals surface area contributed by atoms with Gasteiger partial charge in [-0.05, 0) is 11.5 Å². The number of likely N-dealkylation sites (tertiary alicyclic amines) is 1. The van der Waals surface area contributed by atoms with Gasteiger partial charge in [-0.2, -0.15) is 0 Å². The van der Waals surface area contributed by atoms with Crippen molar-refractivity contribution in [3.05, 3.63) is 42.0 Å². The van der Waals surface area contributed by atoms with Crippen molar-refractivity contribution in [2.24, 2.45) is 5.92 Å². The molecule has 0 bridgehead atoms. The summed E-state index contributed by atoms with van der Waals surface area (Å²) in [5.74, 6) is 0.344. The number of nitrogens with zero attached hydrogens (tertiary/aromatic N) is 1. The van der Waals surface area contributed by atoms with Gasteiger partial charge in [0.25, 0.3) is 0 Å². The fourth-order valence-electron chi connectivity index (χ4n) is 2.12. The molecule has 0 unspecified atom stereocenters. The maximum Gasteiger partial charge on any atom is 0.0923 e. The second kappa shape index (κ2) is 5.03. The largest absolute Gasteiger partial charge is 0.387 e. The topological polar surface area (TPSA) is 23.5 Å². The molecule has 2 rings (SSSR count). The van der Waals surface area contributed by atoms with Gasteiger partial charge in [0.1, 0.15) is 0 Å². The lowest BCUT2D eigenvalue weighted by Crippen LogP contribution is -2.64. The molecule has 0 aliphatic carbocycles. The molecule has 92 valence electrons. The quantitative estimate of drug-likeness (QED) is 0.860. The highest BCUT2D eigenvalue weighted by molar-refractivity contribution is 5.48. The Bertz CT molecular complexity index is 377. The molecule has 0 spiro atoms. The van der Waals surface area contributed by atoms with Crippen molar-refractivity contribution in [2.75, 3.05) is 19.6 Å². The Hall–Kier alpha value is -1.12. The highest BCUT2D eigenvalue weighted by Gasteiger charge is 2.42. The van der Waals surface area contributed by atoms with Crippen LogP contribution in [0.2, 0.25) is 0 Å². The summed E-state index contributed by atoms with van der Waals surface area (Å²) in [6.45, 7) is 6.67. The molecule has 1 heterocycles. The standard InChI is InChI=1S/C15H21NO/c1-13(2)15(17)11-16(12-15)10-6-9-14-7-4-3-5-8-14/h3-9,13,17H,10-12H2,1-2H3. The van der Waals surface area contributed by atoms with Gasteiger partial charge in [-0.3, -0.25) is 4.90 Å². The van der Waals surface area contributed by atoms with Crippen molar-refractivity contribution < 1.29 is 5.11 Å². The molecule has 1 aromatic carbocycles. The van der Waals surface area contributed by atoms with Crippen molar-refractivity contribution in [1.82, 2.24) is 4.90 Å². The van der Waals surface area contributed by atoms with E-state index < -0.39 is 5.60 Å². The van der Waals surface area contributed by atoms with Gasteiger partial charge in [0.15, 0.2) is 0 Å². The average molecular weight is 231 g/mol. The zero-order valence-corrected chi connectivity index (χ0v) is 10.6. The van der Waals surface area contributed by atoms with Crippen molar-refractivity contribution in [3.8, 4) is 0 Å². The Labute approximate surface area is 104 Å². The van der Waals surface area contributed by atoms with E-state index in [1.54, 1.807) is 0 Å². The van der Waals surface area contributed by atoms with Crippen LogP contribution in [0, 0.1) is 5.92 Å². The van der Waals surface area contributed by atoms with Crippen LogP contribution in [-0.2, 0) is 0 Å². The van der Waals surface area contributed by atoms with Crippen LogP contribution in [-0.4, -0.2) is 35.2 Å². The Morgan fingerprint density at radius 1 is 1.29 bits per heavy atom. The Balaban J connectivity index is 1.77. The molecule has 1 saturated heterocycles. The minimum atomic E-state index is -0.458. The maximum atomic E-state index is 10.1. The molecule has 1 aliphatic rings. The molecule has 17 heavy (non-hydrogen) atoms. The molecular formula is C15H21NO. The second-order valence-corrected chi connectivity index (χ2v) is 5.24. The number of hydrogen-bond acceptors (Lipinski definition) is 2. The normalized spacial score (nSPS) is 19.8. The first-order valence-corrected chi connectivity index (χ1v) is 6.26. The third-order valence-electron chi connectivity index (χ3n) is 3.54. The number of benzene rings is 1. The minimum Gasteiger partial charge on any atom is -0.387 e. The summed E-state index contributed by atoms with van der Waals surface area (Å²) >= 11 is 0. The van der Waals surface area contributed by atoms with Crippen molar-refractivity contribution in [3.63, 3.8) is 0 Å². The highest BCUT2D eigenvalue weighted by atomic mass is 16.3. The zero-order chi connectivity index (χ0) is 12.3. The van der Waals surface area contributed by atoms with E-state index in [4.69, 9.17) is 0 Å². The van der Waals surface area contributed by atoms with Gasteiger partial charge in [-0.1, -0.05) is 56.3 Å². The molecule has 0 saturated carbocycles. The van der Waals surface area contributed by atoms with E-state index in [1.165, 1.54) is 5.56 Å². The predicted molar refractivity (Wildman–Crippen MR) is 71.7 cm³/mol. The van der Waals surface area contributed by atoms with Gasteiger partial charge in [0.05, 0.1) is 5.60 Å². The van der Waals surface area contributed by atoms with Crippen molar-refractivity contribution in [1.29, 1.82) is 0 Å². The summed E-state index contributed by atoms with van der Waals surface area (Å²) in [4.78, 5) is 2.26. The highest BCUT2D eigenvalue weighted by Crippen LogP contribution is 2.28. The summed E-state index contributed by atoms with van der Waals surface area (Å²) in [5.41, 5.74) is 0.771. The van der Waals surface area contributed by atoms with E-state index >= 15 is 0 Å². The molecule has 1 aromatic rings. The SMILES string of the molecule is CC(C)C1(O)CN(CC=Cc2ccccc2)C1. The molecule has 1 aliphatic heterocycles. The minimum absolute atomic E-state index is 0.344. The van der Waals surface area contributed by atoms with Crippen LogP contribution in [0.15, 0.2) is 36.4 Å². The lowest BCUT2D eigenvalue weighted by molar-refractivity contribution is -0.123.